The van der Waals surface area contributed by atoms with Gasteiger partial charge < -0.3 is 0 Å². The number of aromatic amines is 1. The Balaban J connectivity index is 1.54. The first-order valence-electron chi connectivity index (χ1n) is 9.22. The van der Waals surface area contributed by atoms with Crippen LogP contribution in [0.2, 0.25) is 0 Å². The van der Waals surface area contributed by atoms with Crippen LogP contribution in [0.25, 0.3) is 5.95 Å². The van der Waals surface area contributed by atoms with Crippen LogP contribution in [0.15, 0.2) is 46.8 Å². The van der Waals surface area contributed by atoms with Crippen molar-refractivity contribution in [1.29, 1.82) is 0 Å². The van der Waals surface area contributed by atoms with Gasteiger partial charge in [-0.15, -0.1) is 0 Å². The first-order chi connectivity index (χ1) is 13.5. The number of H-pyrrole nitrogens is 1. The number of amidine groups is 1. The van der Waals surface area contributed by atoms with E-state index < -0.39 is 0 Å². The van der Waals surface area contributed by atoms with Gasteiger partial charge >= 0.3 is 0 Å². The van der Waals surface area contributed by atoms with Crippen molar-refractivity contribution < 1.29 is 0 Å². The lowest BCUT2D eigenvalue weighted by Crippen LogP contribution is -2.25. The van der Waals surface area contributed by atoms with Crippen molar-refractivity contribution in [2.45, 2.75) is 33.6 Å². The fourth-order valence-corrected chi connectivity index (χ4v) is 4.02. The molecule has 8 heteroatoms. The molecule has 2 aromatic heterocycles. The van der Waals surface area contributed by atoms with Crippen LogP contribution >= 0.6 is 11.8 Å². The van der Waals surface area contributed by atoms with E-state index in [1.165, 1.54) is 11.9 Å². The molecule has 0 bridgehead atoms. The summed E-state index contributed by atoms with van der Waals surface area (Å²) >= 11 is 1.66. The second-order valence-corrected chi connectivity index (χ2v) is 8.02. The van der Waals surface area contributed by atoms with Crippen molar-refractivity contribution in [3.63, 3.8) is 0 Å². The van der Waals surface area contributed by atoms with Crippen LogP contribution < -0.4 is 5.43 Å². The lowest BCUT2D eigenvalue weighted by molar-refractivity contribution is 0.867. The Kier molecular flexibility index (Phi) is 5.04. The van der Waals surface area contributed by atoms with Crippen LogP contribution in [-0.2, 0) is 0 Å². The second kappa shape index (κ2) is 7.63. The molecule has 0 atom stereocenters. The quantitative estimate of drug-likeness (QED) is 0.700. The van der Waals surface area contributed by atoms with Crippen LogP contribution in [0.5, 0.6) is 0 Å². The summed E-state index contributed by atoms with van der Waals surface area (Å²) in [5.41, 5.74) is 9.62. The van der Waals surface area contributed by atoms with Gasteiger partial charge in [-0.2, -0.15) is 15.2 Å². The Morgan fingerprint density at radius 3 is 2.57 bits per heavy atom. The summed E-state index contributed by atoms with van der Waals surface area (Å²) in [6, 6.07) is 10.5. The zero-order chi connectivity index (χ0) is 19.7. The molecule has 3 aromatic rings. The third-order valence-electron chi connectivity index (χ3n) is 4.78. The molecule has 0 radical (unpaired) electrons. The Morgan fingerprint density at radius 2 is 1.96 bits per heavy atom. The number of aryl methyl sites for hydroxylation is 1. The van der Waals surface area contributed by atoms with E-state index in [1.807, 2.05) is 0 Å². The van der Waals surface area contributed by atoms with Crippen molar-refractivity contribution in [3.8, 4) is 5.95 Å². The van der Waals surface area contributed by atoms with Crippen LogP contribution in [0.4, 0.5) is 5.69 Å². The highest BCUT2D eigenvalue weighted by atomic mass is 32.2. The average molecular weight is 394 g/mol. The zero-order valence-corrected chi connectivity index (χ0v) is 17.2. The van der Waals surface area contributed by atoms with Crippen LogP contribution in [0.3, 0.4) is 0 Å². The molecule has 0 saturated heterocycles. The molecule has 0 amide bonds. The van der Waals surface area contributed by atoms with Crippen molar-refractivity contribution in [2.75, 3.05) is 5.75 Å². The summed E-state index contributed by atoms with van der Waals surface area (Å²) < 4.78 is 2.05. The van der Waals surface area contributed by atoms with Gasteiger partial charge in [0.15, 0.2) is 5.17 Å². The van der Waals surface area contributed by atoms with Crippen molar-refractivity contribution in [3.05, 3.63) is 59.2 Å². The van der Waals surface area contributed by atoms with Crippen molar-refractivity contribution in [1.82, 2.24) is 25.2 Å². The summed E-state index contributed by atoms with van der Waals surface area (Å²) in [6.45, 7) is 8.50. The standard InChI is InChI=1S/C20H23N7S/c1-12(2)15-5-7-16(8-6-15)23-20-26-24-18(10-28-20)17-9-13(3)27(14(17)4)19-21-11-22-25-19/h5-9,11-12H,10H2,1-4H3,(H,23,26)(H,21,22,25). The molecule has 4 rings (SSSR count). The summed E-state index contributed by atoms with van der Waals surface area (Å²) in [5.74, 6) is 1.99. The molecule has 7 nitrogen and oxygen atoms in total. The molecule has 28 heavy (non-hydrogen) atoms. The molecular formula is C20H23N7S. The Bertz CT molecular complexity index is 1030. The van der Waals surface area contributed by atoms with E-state index in [-0.39, 0.29) is 0 Å². The number of rotatable bonds is 4. The number of aromatic nitrogens is 4. The van der Waals surface area contributed by atoms with Crippen LogP contribution in [0.1, 0.15) is 42.3 Å². The van der Waals surface area contributed by atoms with Gasteiger partial charge in [0.05, 0.1) is 11.4 Å². The molecule has 0 spiro atoms. The highest BCUT2D eigenvalue weighted by Crippen LogP contribution is 2.24. The van der Waals surface area contributed by atoms with E-state index >= 15 is 0 Å². The SMILES string of the molecule is Cc1cc(C2=NNC(=Nc3ccc(C(C)C)cc3)SC2)c(C)n1-c1ncn[nH]1. The normalized spacial score (nSPS) is 15.8. The average Bonchev–Trinajstić information content (AvgIpc) is 3.30. The molecule has 144 valence electrons. The van der Waals surface area contributed by atoms with E-state index in [0.29, 0.717) is 11.9 Å². The van der Waals surface area contributed by atoms with Gasteiger partial charge in [0, 0.05) is 22.7 Å². The van der Waals surface area contributed by atoms with Crippen molar-refractivity contribution >= 4 is 28.3 Å². The number of hydrogen-bond donors (Lipinski definition) is 2. The maximum atomic E-state index is 4.67. The first kappa shape index (κ1) is 18.5. The number of benzene rings is 1. The van der Waals surface area contributed by atoms with E-state index in [0.717, 1.165) is 39.3 Å². The Hall–Kier alpha value is -2.87. The van der Waals surface area contributed by atoms with Crippen molar-refractivity contribution in [2.24, 2.45) is 10.1 Å². The summed E-state index contributed by atoms with van der Waals surface area (Å²) in [7, 11) is 0. The minimum atomic E-state index is 0.520. The summed E-state index contributed by atoms with van der Waals surface area (Å²) in [6.07, 6.45) is 1.51. The Morgan fingerprint density at radius 1 is 1.18 bits per heavy atom. The molecule has 1 aliphatic heterocycles. The number of nitrogens with zero attached hydrogens (tertiary/aromatic N) is 5. The topological polar surface area (TPSA) is 83.2 Å². The molecular weight excluding hydrogens is 370 g/mol. The second-order valence-electron chi connectivity index (χ2n) is 7.05. The molecule has 3 heterocycles. The number of aliphatic imine (C=N–C) groups is 1. The molecule has 1 aliphatic rings. The number of nitrogens with one attached hydrogen (secondary N) is 2. The fraction of sp³-hybridized carbons (Fsp3) is 0.300. The monoisotopic (exact) mass is 393 g/mol. The van der Waals surface area contributed by atoms with Gasteiger partial charge in [-0.25, -0.2) is 10.1 Å². The number of hydrazone groups is 1. The van der Waals surface area contributed by atoms with E-state index in [4.69, 9.17) is 0 Å². The predicted octanol–water partition coefficient (Wildman–Crippen LogP) is 4.06. The van der Waals surface area contributed by atoms with E-state index in [1.54, 1.807) is 11.8 Å². The highest BCUT2D eigenvalue weighted by molar-refractivity contribution is 8.14. The fourth-order valence-electron chi connectivity index (χ4n) is 3.25. The highest BCUT2D eigenvalue weighted by Gasteiger charge is 2.20. The van der Waals surface area contributed by atoms with Gasteiger partial charge in [0.1, 0.15) is 6.33 Å². The number of hydrogen-bond acceptors (Lipinski definition) is 5. The van der Waals surface area contributed by atoms with Crippen LogP contribution in [-0.4, -0.2) is 36.4 Å². The van der Waals surface area contributed by atoms with E-state index in [9.17, 15) is 0 Å². The largest absolute Gasteiger partial charge is 0.287 e. The van der Waals surface area contributed by atoms with Crippen LogP contribution in [0, 0.1) is 13.8 Å². The lowest BCUT2D eigenvalue weighted by Gasteiger charge is -2.15. The van der Waals surface area contributed by atoms with Gasteiger partial charge in [-0.3, -0.25) is 9.99 Å². The Labute approximate surface area is 168 Å². The minimum absolute atomic E-state index is 0.520. The van der Waals surface area contributed by atoms with Gasteiger partial charge in [0.2, 0.25) is 5.95 Å². The molecule has 0 aliphatic carbocycles. The molecule has 2 N–H and O–H groups in total. The van der Waals surface area contributed by atoms with Gasteiger partial charge in [-0.1, -0.05) is 37.7 Å². The first-order valence-corrected chi connectivity index (χ1v) is 10.2. The van der Waals surface area contributed by atoms with E-state index in [2.05, 4.69) is 93.3 Å². The smallest absolute Gasteiger partial charge is 0.229 e. The molecule has 1 aromatic carbocycles. The number of thioether (sulfide) groups is 1. The molecule has 0 saturated carbocycles. The zero-order valence-electron chi connectivity index (χ0n) is 16.4. The molecule has 0 fully saturated rings. The van der Waals surface area contributed by atoms with Gasteiger partial charge in [-0.05, 0) is 43.5 Å². The third-order valence-corrected chi connectivity index (χ3v) is 5.65. The molecule has 0 unspecified atom stereocenters. The minimum Gasteiger partial charge on any atom is -0.287 e. The lowest BCUT2D eigenvalue weighted by atomic mass is 10.0. The maximum Gasteiger partial charge on any atom is 0.229 e. The van der Waals surface area contributed by atoms with Gasteiger partial charge in [0.25, 0.3) is 0 Å². The summed E-state index contributed by atoms with van der Waals surface area (Å²) in [5, 5.41) is 12.3. The summed E-state index contributed by atoms with van der Waals surface area (Å²) in [4.78, 5) is 8.92. The predicted molar refractivity (Wildman–Crippen MR) is 115 cm³/mol. The third kappa shape index (κ3) is 3.60. The maximum absolute atomic E-state index is 4.67.